The summed E-state index contributed by atoms with van der Waals surface area (Å²) in [5.74, 6) is 1.42. The SMILES string of the molecule is COc1cc(/C=C/C(=O)NC(C)c2ccccc2)cc(OC)c1OC. The topological polar surface area (TPSA) is 56.8 Å². The van der Waals surface area contributed by atoms with Gasteiger partial charge in [-0.05, 0) is 36.3 Å². The highest BCUT2D eigenvalue weighted by Gasteiger charge is 2.12. The van der Waals surface area contributed by atoms with E-state index in [0.29, 0.717) is 17.2 Å². The van der Waals surface area contributed by atoms with Crippen LogP contribution in [0.4, 0.5) is 0 Å². The van der Waals surface area contributed by atoms with Gasteiger partial charge in [-0.2, -0.15) is 0 Å². The molecule has 25 heavy (non-hydrogen) atoms. The molecule has 0 spiro atoms. The standard InChI is InChI=1S/C20H23NO4/c1-14(16-8-6-5-7-9-16)21-19(22)11-10-15-12-17(23-2)20(25-4)18(13-15)24-3/h5-14H,1-4H3,(H,21,22)/b11-10+. The molecule has 2 aromatic carbocycles. The Balaban J connectivity index is 2.11. The van der Waals surface area contributed by atoms with Crippen LogP contribution in [0.5, 0.6) is 17.2 Å². The average Bonchev–Trinajstić information content (AvgIpc) is 2.65. The van der Waals surface area contributed by atoms with E-state index in [4.69, 9.17) is 14.2 Å². The van der Waals surface area contributed by atoms with Gasteiger partial charge >= 0.3 is 0 Å². The lowest BCUT2D eigenvalue weighted by atomic mass is 10.1. The first kappa shape index (κ1) is 18.4. The number of methoxy groups -OCH3 is 3. The van der Waals surface area contributed by atoms with Crippen LogP contribution in [0.2, 0.25) is 0 Å². The predicted octanol–water partition coefficient (Wildman–Crippen LogP) is 3.60. The first-order valence-electron chi connectivity index (χ1n) is 7.92. The first-order valence-corrected chi connectivity index (χ1v) is 7.92. The minimum absolute atomic E-state index is 0.0710. The maximum absolute atomic E-state index is 12.1. The molecule has 0 fully saturated rings. The minimum atomic E-state index is -0.176. The van der Waals surface area contributed by atoms with Crippen molar-refractivity contribution in [1.29, 1.82) is 0 Å². The number of hydrogen-bond donors (Lipinski definition) is 1. The molecule has 2 rings (SSSR count). The molecule has 0 aliphatic carbocycles. The Morgan fingerprint density at radius 1 is 1.00 bits per heavy atom. The van der Waals surface area contributed by atoms with Crippen LogP contribution < -0.4 is 19.5 Å². The molecule has 0 aliphatic rings. The molecule has 1 unspecified atom stereocenters. The van der Waals surface area contributed by atoms with E-state index in [1.165, 1.54) is 6.08 Å². The molecule has 0 bridgehead atoms. The molecule has 132 valence electrons. The zero-order valence-corrected chi connectivity index (χ0v) is 14.9. The Kier molecular flexibility index (Phi) is 6.46. The van der Waals surface area contributed by atoms with Crippen LogP contribution in [-0.2, 0) is 4.79 Å². The number of rotatable bonds is 7. The molecule has 0 saturated heterocycles. The highest BCUT2D eigenvalue weighted by molar-refractivity contribution is 5.92. The fourth-order valence-corrected chi connectivity index (χ4v) is 2.46. The van der Waals surface area contributed by atoms with E-state index in [1.807, 2.05) is 37.3 Å². The van der Waals surface area contributed by atoms with E-state index >= 15 is 0 Å². The highest BCUT2D eigenvalue weighted by atomic mass is 16.5. The number of benzene rings is 2. The van der Waals surface area contributed by atoms with E-state index in [0.717, 1.165) is 11.1 Å². The van der Waals surface area contributed by atoms with Crippen LogP contribution in [-0.4, -0.2) is 27.2 Å². The van der Waals surface area contributed by atoms with E-state index in [9.17, 15) is 4.79 Å². The van der Waals surface area contributed by atoms with Crippen LogP contribution in [0.25, 0.3) is 6.08 Å². The van der Waals surface area contributed by atoms with E-state index in [-0.39, 0.29) is 11.9 Å². The average molecular weight is 341 g/mol. The van der Waals surface area contributed by atoms with Gasteiger partial charge in [-0.15, -0.1) is 0 Å². The van der Waals surface area contributed by atoms with E-state index in [1.54, 1.807) is 39.5 Å². The van der Waals surface area contributed by atoms with Gasteiger partial charge in [-0.3, -0.25) is 4.79 Å². The Bertz CT molecular complexity index is 716. The molecule has 1 atom stereocenters. The zero-order valence-electron chi connectivity index (χ0n) is 14.9. The molecule has 1 amide bonds. The zero-order chi connectivity index (χ0) is 18.2. The lowest BCUT2D eigenvalue weighted by Crippen LogP contribution is -2.24. The van der Waals surface area contributed by atoms with Gasteiger partial charge in [0.25, 0.3) is 0 Å². The van der Waals surface area contributed by atoms with E-state index in [2.05, 4.69) is 5.32 Å². The van der Waals surface area contributed by atoms with Crippen molar-refractivity contribution in [2.24, 2.45) is 0 Å². The van der Waals surface area contributed by atoms with Gasteiger partial charge in [-0.25, -0.2) is 0 Å². The van der Waals surface area contributed by atoms with Crippen molar-refractivity contribution in [3.63, 3.8) is 0 Å². The van der Waals surface area contributed by atoms with Crippen LogP contribution in [0.15, 0.2) is 48.5 Å². The summed E-state index contributed by atoms with van der Waals surface area (Å²) in [7, 11) is 4.66. The number of hydrogen-bond acceptors (Lipinski definition) is 4. The Morgan fingerprint density at radius 2 is 1.60 bits per heavy atom. The second kappa shape index (κ2) is 8.78. The van der Waals surface area contributed by atoms with Gasteiger partial charge in [0.05, 0.1) is 27.4 Å². The number of ether oxygens (including phenoxy) is 3. The first-order chi connectivity index (χ1) is 12.1. The maximum Gasteiger partial charge on any atom is 0.244 e. The van der Waals surface area contributed by atoms with Crippen molar-refractivity contribution in [1.82, 2.24) is 5.32 Å². The summed E-state index contributed by atoms with van der Waals surface area (Å²) in [6.07, 6.45) is 3.19. The van der Waals surface area contributed by atoms with Gasteiger partial charge in [-0.1, -0.05) is 30.3 Å². The number of nitrogens with one attached hydrogen (secondary N) is 1. The monoisotopic (exact) mass is 341 g/mol. The van der Waals surface area contributed by atoms with Crippen molar-refractivity contribution in [2.45, 2.75) is 13.0 Å². The molecule has 2 aromatic rings. The Morgan fingerprint density at radius 3 is 2.12 bits per heavy atom. The van der Waals surface area contributed by atoms with Crippen molar-refractivity contribution in [3.8, 4) is 17.2 Å². The van der Waals surface area contributed by atoms with Gasteiger partial charge in [0.1, 0.15) is 0 Å². The number of amides is 1. The van der Waals surface area contributed by atoms with Crippen LogP contribution in [0.3, 0.4) is 0 Å². The maximum atomic E-state index is 12.1. The molecular formula is C20H23NO4. The van der Waals surface area contributed by atoms with Gasteiger partial charge in [0.2, 0.25) is 11.7 Å². The summed E-state index contributed by atoms with van der Waals surface area (Å²) in [5.41, 5.74) is 1.83. The molecule has 5 heteroatoms. The fraction of sp³-hybridized carbons (Fsp3) is 0.250. The van der Waals surface area contributed by atoms with Crippen LogP contribution >= 0.6 is 0 Å². The third kappa shape index (κ3) is 4.76. The predicted molar refractivity (Wildman–Crippen MR) is 98.1 cm³/mol. The van der Waals surface area contributed by atoms with Crippen LogP contribution in [0, 0.1) is 0 Å². The van der Waals surface area contributed by atoms with Gasteiger partial charge in [0, 0.05) is 6.08 Å². The second-order valence-corrected chi connectivity index (χ2v) is 5.43. The lowest BCUT2D eigenvalue weighted by molar-refractivity contribution is -0.117. The van der Waals surface area contributed by atoms with Gasteiger partial charge < -0.3 is 19.5 Å². The molecule has 0 aromatic heterocycles. The van der Waals surface area contributed by atoms with Crippen molar-refractivity contribution in [2.75, 3.05) is 21.3 Å². The third-order valence-electron chi connectivity index (χ3n) is 3.77. The van der Waals surface area contributed by atoms with Crippen molar-refractivity contribution >= 4 is 12.0 Å². The smallest absolute Gasteiger partial charge is 0.244 e. The molecule has 0 radical (unpaired) electrons. The van der Waals surface area contributed by atoms with Gasteiger partial charge in [0.15, 0.2) is 11.5 Å². The molecular weight excluding hydrogens is 318 g/mol. The molecule has 5 nitrogen and oxygen atoms in total. The summed E-state index contributed by atoms with van der Waals surface area (Å²) < 4.78 is 15.9. The summed E-state index contributed by atoms with van der Waals surface area (Å²) in [5, 5.41) is 2.93. The normalized spacial score (nSPS) is 11.8. The summed E-state index contributed by atoms with van der Waals surface area (Å²) in [4.78, 5) is 12.1. The highest BCUT2D eigenvalue weighted by Crippen LogP contribution is 2.38. The Hall–Kier alpha value is -2.95. The molecule has 0 saturated carbocycles. The second-order valence-electron chi connectivity index (χ2n) is 5.43. The third-order valence-corrected chi connectivity index (χ3v) is 3.77. The molecule has 1 N–H and O–H groups in total. The number of carbonyl (C=O) groups is 1. The lowest BCUT2D eigenvalue weighted by Gasteiger charge is -2.13. The largest absolute Gasteiger partial charge is 0.493 e. The summed E-state index contributed by atoms with van der Waals surface area (Å²) in [6.45, 7) is 1.94. The quantitative estimate of drug-likeness (QED) is 0.782. The molecule has 0 aliphatic heterocycles. The minimum Gasteiger partial charge on any atom is -0.493 e. The summed E-state index contributed by atoms with van der Waals surface area (Å²) >= 11 is 0. The fourth-order valence-electron chi connectivity index (χ4n) is 2.46. The van der Waals surface area contributed by atoms with Crippen LogP contribution in [0.1, 0.15) is 24.1 Å². The van der Waals surface area contributed by atoms with Crippen molar-refractivity contribution in [3.05, 3.63) is 59.7 Å². The summed E-state index contributed by atoms with van der Waals surface area (Å²) in [6, 6.07) is 13.3. The Labute approximate surface area is 148 Å². The van der Waals surface area contributed by atoms with E-state index < -0.39 is 0 Å². The molecule has 0 heterocycles. The number of carbonyl (C=O) groups excluding carboxylic acids is 1. The van der Waals surface area contributed by atoms with Crippen molar-refractivity contribution < 1.29 is 19.0 Å².